The summed E-state index contributed by atoms with van der Waals surface area (Å²) in [6.45, 7) is 12.2. The molecule has 6 heteroatoms. The van der Waals surface area contributed by atoms with Gasteiger partial charge in [-0.15, -0.1) is 0 Å². The van der Waals surface area contributed by atoms with Crippen molar-refractivity contribution in [2.24, 2.45) is 0 Å². The van der Waals surface area contributed by atoms with Crippen LogP contribution >= 0.6 is 0 Å². The van der Waals surface area contributed by atoms with Gasteiger partial charge in [-0.1, -0.05) is 0 Å². The molecule has 0 heterocycles. The summed E-state index contributed by atoms with van der Waals surface area (Å²) in [6.07, 6.45) is 2.71. The van der Waals surface area contributed by atoms with Crippen molar-refractivity contribution in [1.29, 1.82) is 0 Å². The largest absolute Gasteiger partial charge is 0.372 e. The van der Waals surface area contributed by atoms with Crippen LogP contribution in [0.1, 0.15) is 27.7 Å². The Kier molecular flexibility index (Phi) is 7.71. The first kappa shape index (κ1) is 23.1. The molecule has 32 heavy (non-hydrogen) atoms. The number of nitrogens with zero attached hydrogens (tertiary/aromatic N) is 2. The fraction of sp³-hybridized carbons (Fsp3) is 0.308. The normalized spacial score (nSPS) is 13.4. The molecule has 0 fully saturated rings. The monoisotopic (exact) mass is 432 g/mol. The Morgan fingerprint density at radius 2 is 0.875 bits per heavy atom. The van der Waals surface area contributed by atoms with Crippen LogP contribution in [0.2, 0.25) is 0 Å². The number of hydrogen-bond donors (Lipinski definition) is 2. The van der Waals surface area contributed by atoms with E-state index in [0.717, 1.165) is 48.9 Å². The third kappa shape index (κ3) is 5.38. The number of nitrogens with one attached hydrogen (secondary N) is 2. The van der Waals surface area contributed by atoms with Crippen molar-refractivity contribution in [3.63, 3.8) is 0 Å². The van der Waals surface area contributed by atoms with Crippen LogP contribution in [0.25, 0.3) is 0 Å². The van der Waals surface area contributed by atoms with Gasteiger partial charge >= 0.3 is 0 Å². The van der Waals surface area contributed by atoms with Crippen LogP contribution in [0.3, 0.4) is 0 Å². The predicted molar refractivity (Wildman–Crippen MR) is 133 cm³/mol. The number of allylic oxidation sites excluding steroid dienone is 2. The van der Waals surface area contributed by atoms with Crippen molar-refractivity contribution >= 4 is 34.3 Å². The lowest BCUT2D eigenvalue weighted by molar-refractivity contribution is -0.115. The fourth-order valence-corrected chi connectivity index (χ4v) is 3.75. The maximum atomic E-state index is 12.6. The standard InChI is InChI=1S/C26H32N4O2/c1-5-29(6-2)21-13-9-19(10-14-21)27-23-17-26(32)24(18-25(23)31)28-20-11-15-22(16-12-20)30(7-3)8-4/h9-18,27-28H,5-8H2,1-4H3. The van der Waals surface area contributed by atoms with Gasteiger partial charge in [-0.3, -0.25) is 9.59 Å². The van der Waals surface area contributed by atoms with E-state index < -0.39 is 0 Å². The molecule has 0 spiro atoms. The van der Waals surface area contributed by atoms with Crippen molar-refractivity contribution in [3.8, 4) is 0 Å². The average molecular weight is 433 g/mol. The molecule has 6 nitrogen and oxygen atoms in total. The number of hydrogen-bond acceptors (Lipinski definition) is 6. The van der Waals surface area contributed by atoms with Gasteiger partial charge in [0, 0.05) is 61.1 Å². The molecule has 2 N–H and O–H groups in total. The number of ketones is 2. The quantitative estimate of drug-likeness (QED) is 0.525. The molecule has 0 saturated carbocycles. The van der Waals surface area contributed by atoms with Crippen molar-refractivity contribution in [3.05, 3.63) is 72.1 Å². The number of carbonyl (C=O) groups is 2. The maximum absolute atomic E-state index is 12.6. The smallest absolute Gasteiger partial charge is 0.204 e. The summed E-state index contributed by atoms with van der Waals surface area (Å²) in [5.74, 6) is -0.473. The van der Waals surface area contributed by atoms with Crippen LogP contribution in [0.4, 0.5) is 22.7 Å². The van der Waals surface area contributed by atoms with Crippen LogP contribution < -0.4 is 20.4 Å². The van der Waals surface area contributed by atoms with Crippen molar-refractivity contribution < 1.29 is 9.59 Å². The molecule has 0 atom stereocenters. The van der Waals surface area contributed by atoms with E-state index in [9.17, 15) is 9.59 Å². The van der Waals surface area contributed by atoms with Crippen LogP contribution in [-0.2, 0) is 9.59 Å². The van der Waals surface area contributed by atoms with Gasteiger partial charge in [0.1, 0.15) is 0 Å². The van der Waals surface area contributed by atoms with E-state index in [1.54, 1.807) is 0 Å². The molecule has 0 saturated heterocycles. The molecule has 0 radical (unpaired) electrons. The molecule has 168 valence electrons. The van der Waals surface area contributed by atoms with Gasteiger partial charge in [0.25, 0.3) is 0 Å². The summed E-state index contributed by atoms with van der Waals surface area (Å²) in [7, 11) is 0. The minimum Gasteiger partial charge on any atom is -0.372 e. The van der Waals surface area contributed by atoms with E-state index in [0.29, 0.717) is 0 Å². The van der Waals surface area contributed by atoms with Crippen molar-refractivity contribution in [2.75, 3.05) is 46.6 Å². The van der Waals surface area contributed by atoms with Crippen LogP contribution in [0.5, 0.6) is 0 Å². The minimum absolute atomic E-state index is 0.236. The molecule has 2 aromatic rings. The van der Waals surface area contributed by atoms with Gasteiger partial charge in [0.15, 0.2) is 0 Å². The van der Waals surface area contributed by atoms with Gasteiger partial charge in [-0.2, -0.15) is 0 Å². The van der Waals surface area contributed by atoms with Crippen molar-refractivity contribution in [1.82, 2.24) is 0 Å². The first-order chi connectivity index (χ1) is 15.5. The second-order valence-electron chi connectivity index (χ2n) is 7.53. The van der Waals surface area contributed by atoms with Gasteiger partial charge in [0.2, 0.25) is 11.6 Å². The van der Waals surface area contributed by atoms with Crippen LogP contribution in [0.15, 0.2) is 72.1 Å². The molecule has 0 aliphatic heterocycles. The summed E-state index contributed by atoms with van der Waals surface area (Å²) in [5.41, 5.74) is 4.33. The SMILES string of the molecule is CCN(CC)c1ccc(NC2=CC(=O)C(Nc3ccc(N(CC)CC)cc3)=CC2=O)cc1. The highest BCUT2D eigenvalue weighted by Gasteiger charge is 2.21. The molecule has 1 aliphatic rings. The third-order valence-electron chi connectivity index (χ3n) is 5.63. The van der Waals surface area contributed by atoms with Crippen LogP contribution in [0, 0.1) is 0 Å². The molecule has 2 aromatic carbocycles. The first-order valence-corrected chi connectivity index (χ1v) is 11.2. The lowest BCUT2D eigenvalue weighted by Gasteiger charge is -2.22. The molecule has 1 aliphatic carbocycles. The summed E-state index contributed by atoms with van der Waals surface area (Å²) in [4.78, 5) is 29.7. The highest BCUT2D eigenvalue weighted by atomic mass is 16.1. The van der Waals surface area contributed by atoms with E-state index >= 15 is 0 Å². The Labute approximate surface area is 190 Å². The second-order valence-corrected chi connectivity index (χ2v) is 7.53. The van der Waals surface area contributed by atoms with Gasteiger partial charge in [0.05, 0.1) is 11.4 Å². The fourth-order valence-electron chi connectivity index (χ4n) is 3.75. The summed E-state index contributed by atoms with van der Waals surface area (Å²) >= 11 is 0. The Hall–Kier alpha value is -3.54. The molecular weight excluding hydrogens is 400 g/mol. The Balaban J connectivity index is 1.66. The van der Waals surface area contributed by atoms with Gasteiger partial charge < -0.3 is 20.4 Å². The lowest BCUT2D eigenvalue weighted by atomic mass is 10.1. The van der Waals surface area contributed by atoms with E-state index in [2.05, 4.69) is 48.1 Å². The second kappa shape index (κ2) is 10.7. The molecule has 0 aromatic heterocycles. The highest BCUT2D eigenvalue weighted by Crippen LogP contribution is 2.23. The van der Waals surface area contributed by atoms with E-state index in [1.807, 2.05) is 48.5 Å². The summed E-state index contributed by atoms with van der Waals surface area (Å²) < 4.78 is 0. The number of anilines is 4. The zero-order valence-electron chi connectivity index (χ0n) is 19.3. The highest BCUT2D eigenvalue weighted by molar-refractivity contribution is 6.21. The van der Waals surface area contributed by atoms with Gasteiger partial charge in [-0.25, -0.2) is 0 Å². The molecule has 3 rings (SSSR count). The average Bonchev–Trinajstić information content (AvgIpc) is 2.81. The molecular formula is C26H32N4O2. The third-order valence-corrected chi connectivity index (χ3v) is 5.63. The zero-order valence-corrected chi connectivity index (χ0v) is 19.3. The topological polar surface area (TPSA) is 64.7 Å². The number of carbonyl (C=O) groups excluding carboxylic acids is 2. The van der Waals surface area contributed by atoms with Crippen molar-refractivity contribution in [2.45, 2.75) is 27.7 Å². The summed E-state index contributed by atoms with van der Waals surface area (Å²) in [6, 6.07) is 15.7. The predicted octanol–water partition coefficient (Wildman–Crippen LogP) is 4.82. The lowest BCUT2D eigenvalue weighted by Crippen LogP contribution is -2.23. The molecule has 0 unspecified atom stereocenters. The minimum atomic E-state index is -0.236. The maximum Gasteiger partial charge on any atom is 0.204 e. The molecule has 0 bridgehead atoms. The number of benzene rings is 2. The first-order valence-electron chi connectivity index (χ1n) is 11.2. The van der Waals surface area contributed by atoms with E-state index in [1.165, 1.54) is 12.2 Å². The number of rotatable bonds is 10. The van der Waals surface area contributed by atoms with Crippen LogP contribution in [-0.4, -0.2) is 37.7 Å². The van der Waals surface area contributed by atoms with E-state index in [4.69, 9.17) is 0 Å². The zero-order chi connectivity index (χ0) is 23.1. The molecule has 0 amide bonds. The van der Waals surface area contributed by atoms with Gasteiger partial charge in [-0.05, 0) is 76.2 Å². The Morgan fingerprint density at radius 1 is 0.562 bits per heavy atom. The van der Waals surface area contributed by atoms with E-state index in [-0.39, 0.29) is 23.0 Å². The Morgan fingerprint density at radius 3 is 1.16 bits per heavy atom. The Bertz CT molecular complexity index is 916. The summed E-state index contributed by atoms with van der Waals surface area (Å²) in [5, 5.41) is 6.15.